The minimum Gasteiger partial charge on any atom is -0.426 e. The summed E-state index contributed by atoms with van der Waals surface area (Å²) in [5, 5.41) is 2.10. The number of benzene rings is 3. The van der Waals surface area contributed by atoms with Crippen LogP contribution in [0.15, 0.2) is 65.1 Å². The molecule has 1 aliphatic rings. The first-order valence-corrected chi connectivity index (χ1v) is 8.45. The highest BCUT2D eigenvalue weighted by atomic mass is 79.9. The van der Waals surface area contributed by atoms with Crippen LogP contribution in [-0.4, -0.2) is 11.8 Å². The van der Waals surface area contributed by atoms with Crippen LogP contribution in [-0.2, 0) is 11.2 Å². The summed E-state index contributed by atoms with van der Waals surface area (Å²) < 4.78 is 6.34. The monoisotopic (exact) mass is 380 g/mol. The first-order chi connectivity index (χ1) is 11.6. The Labute approximate surface area is 147 Å². The average molecular weight is 381 g/mol. The molecule has 0 radical (unpaired) electrons. The Hall–Kier alpha value is -2.46. The lowest BCUT2D eigenvalue weighted by Crippen LogP contribution is -2.34. The molecule has 1 aliphatic heterocycles. The van der Waals surface area contributed by atoms with Gasteiger partial charge in [-0.3, -0.25) is 9.59 Å². The van der Waals surface area contributed by atoms with Crippen molar-refractivity contribution >= 4 is 38.5 Å². The summed E-state index contributed by atoms with van der Waals surface area (Å²) in [6, 6.07) is 18.7. The Balaban J connectivity index is 1.75. The second-order valence-electron chi connectivity index (χ2n) is 5.81. The molecule has 24 heavy (non-hydrogen) atoms. The lowest BCUT2D eigenvalue weighted by atomic mass is 9.87. The molecule has 0 saturated carbocycles. The van der Waals surface area contributed by atoms with Crippen molar-refractivity contribution in [3.63, 3.8) is 0 Å². The SMILES string of the molecule is O=C1Oc2ccc3ccccc3c2CC1C(=O)c1ccc(Br)cc1. The van der Waals surface area contributed by atoms with E-state index in [9.17, 15) is 9.59 Å². The number of fused-ring (bicyclic) bond motifs is 3. The van der Waals surface area contributed by atoms with Gasteiger partial charge in [0.05, 0.1) is 0 Å². The molecule has 118 valence electrons. The standard InChI is InChI=1S/C20H13BrO3/c21-14-8-5-13(6-9-14)19(22)17-11-16-15-4-2-1-3-12(15)7-10-18(16)24-20(17)23/h1-10,17H,11H2. The van der Waals surface area contributed by atoms with E-state index in [-0.39, 0.29) is 5.78 Å². The molecular weight excluding hydrogens is 368 g/mol. The third kappa shape index (κ3) is 2.53. The van der Waals surface area contributed by atoms with Gasteiger partial charge < -0.3 is 4.74 Å². The van der Waals surface area contributed by atoms with E-state index in [0.29, 0.717) is 17.7 Å². The summed E-state index contributed by atoms with van der Waals surface area (Å²) in [6.07, 6.45) is 0.365. The summed E-state index contributed by atoms with van der Waals surface area (Å²) in [5.41, 5.74) is 1.44. The molecule has 0 aromatic heterocycles. The summed E-state index contributed by atoms with van der Waals surface area (Å²) in [4.78, 5) is 25.1. The third-order valence-corrected chi connectivity index (χ3v) is 4.87. The molecule has 0 saturated heterocycles. The molecule has 4 rings (SSSR count). The van der Waals surface area contributed by atoms with E-state index in [4.69, 9.17) is 4.74 Å². The molecule has 1 unspecified atom stereocenters. The number of halogens is 1. The third-order valence-electron chi connectivity index (χ3n) is 4.35. The van der Waals surface area contributed by atoms with Crippen molar-refractivity contribution in [2.24, 2.45) is 5.92 Å². The molecule has 3 aromatic rings. The van der Waals surface area contributed by atoms with Crippen molar-refractivity contribution in [1.29, 1.82) is 0 Å². The second kappa shape index (κ2) is 5.87. The summed E-state index contributed by atoms with van der Waals surface area (Å²) in [5.74, 6) is -0.931. The number of ketones is 1. The second-order valence-corrected chi connectivity index (χ2v) is 6.73. The van der Waals surface area contributed by atoms with Gasteiger partial charge in [0.25, 0.3) is 0 Å². The topological polar surface area (TPSA) is 43.4 Å². The molecule has 3 aromatic carbocycles. The van der Waals surface area contributed by atoms with Crippen LogP contribution in [0, 0.1) is 5.92 Å². The van der Waals surface area contributed by atoms with Crippen LogP contribution in [0.4, 0.5) is 0 Å². The van der Waals surface area contributed by atoms with Gasteiger partial charge in [0.1, 0.15) is 11.7 Å². The molecule has 1 heterocycles. The highest BCUT2D eigenvalue weighted by Crippen LogP contribution is 2.35. The molecule has 0 bridgehead atoms. The van der Waals surface area contributed by atoms with Crippen LogP contribution in [0.1, 0.15) is 15.9 Å². The lowest BCUT2D eigenvalue weighted by Gasteiger charge is -2.24. The van der Waals surface area contributed by atoms with Crippen molar-refractivity contribution in [1.82, 2.24) is 0 Å². The van der Waals surface area contributed by atoms with E-state index >= 15 is 0 Å². The van der Waals surface area contributed by atoms with Gasteiger partial charge in [0.2, 0.25) is 0 Å². The van der Waals surface area contributed by atoms with Gasteiger partial charge in [-0.05, 0) is 35.4 Å². The first kappa shape index (κ1) is 15.1. The minimum atomic E-state index is -0.801. The van der Waals surface area contributed by atoms with Crippen LogP contribution in [0.3, 0.4) is 0 Å². The fourth-order valence-corrected chi connectivity index (χ4v) is 3.37. The number of ether oxygens (including phenoxy) is 1. The van der Waals surface area contributed by atoms with Crippen molar-refractivity contribution in [2.45, 2.75) is 6.42 Å². The van der Waals surface area contributed by atoms with E-state index in [1.807, 2.05) is 30.3 Å². The Bertz CT molecular complexity index is 960. The molecule has 0 fully saturated rings. The van der Waals surface area contributed by atoms with Gasteiger partial charge in [0, 0.05) is 15.6 Å². The number of hydrogen-bond donors (Lipinski definition) is 0. The van der Waals surface area contributed by atoms with Crippen LogP contribution < -0.4 is 4.74 Å². The minimum absolute atomic E-state index is 0.203. The quantitative estimate of drug-likeness (QED) is 0.283. The van der Waals surface area contributed by atoms with Gasteiger partial charge in [-0.25, -0.2) is 0 Å². The van der Waals surface area contributed by atoms with Crippen molar-refractivity contribution < 1.29 is 14.3 Å². The Morgan fingerprint density at radius 2 is 1.75 bits per heavy atom. The normalized spacial score (nSPS) is 16.5. The van der Waals surface area contributed by atoms with E-state index < -0.39 is 11.9 Å². The molecule has 0 amide bonds. The highest BCUT2D eigenvalue weighted by Gasteiger charge is 2.35. The number of Topliss-reactive ketones (excluding diaryl/α,β-unsaturated/α-hetero) is 1. The van der Waals surface area contributed by atoms with Crippen LogP contribution in [0.2, 0.25) is 0 Å². The van der Waals surface area contributed by atoms with Crippen LogP contribution in [0.25, 0.3) is 10.8 Å². The van der Waals surface area contributed by atoms with E-state index in [1.165, 1.54) is 0 Å². The van der Waals surface area contributed by atoms with Crippen molar-refractivity contribution in [2.75, 3.05) is 0 Å². The number of carbonyl (C=O) groups is 2. The number of rotatable bonds is 2. The predicted octanol–water partition coefficient (Wildman–Crippen LogP) is 4.56. The molecule has 0 spiro atoms. The smallest absolute Gasteiger partial charge is 0.322 e. The maximum Gasteiger partial charge on any atom is 0.322 e. The molecule has 4 heteroatoms. The van der Waals surface area contributed by atoms with E-state index in [0.717, 1.165) is 20.8 Å². The number of esters is 1. The fraction of sp³-hybridized carbons (Fsp3) is 0.100. The van der Waals surface area contributed by atoms with E-state index in [2.05, 4.69) is 15.9 Å². The average Bonchev–Trinajstić information content (AvgIpc) is 2.61. The van der Waals surface area contributed by atoms with Gasteiger partial charge >= 0.3 is 5.97 Å². The zero-order valence-electron chi connectivity index (χ0n) is 12.7. The molecule has 3 nitrogen and oxygen atoms in total. The predicted molar refractivity (Wildman–Crippen MR) is 95.2 cm³/mol. The lowest BCUT2D eigenvalue weighted by molar-refractivity contribution is -0.138. The van der Waals surface area contributed by atoms with Gasteiger partial charge in [0.15, 0.2) is 5.78 Å². The fourth-order valence-electron chi connectivity index (χ4n) is 3.10. The maximum absolute atomic E-state index is 12.8. The largest absolute Gasteiger partial charge is 0.426 e. The van der Waals surface area contributed by atoms with Crippen molar-refractivity contribution in [3.8, 4) is 5.75 Å². The van der Waals surface area contributed by atoms with E-state index in [1.54, 1.807) is 30.3 Å². The summed E-state index contributed by atoms with van der Waals surface area (Å²) in [7, 11) is 0. The Morgan fingerprint density at radius 3 is 2.54 bits per heavy atom. The maximum atomic E-state index is 12.8. The number of hydrogen-bond acceptors (Lipinski definition) is 3. The Kier molecular flexibility index (Phi) is 3.69. The molecular formula is C20H13BrO3. The zero-order chi connectivity index (χ0) is 16.7. The van der Waals surface area contributed by atoms with Gasteiger partial charge in [-0.1, -0.05) is 58.4 Å². The molecule has 0 aliphatic carbocycles. The Morgan fingerprint density at radius 1 is 1.00 bits per heavy atom. The summed E-state index contributed by atoms with van der Waals surface area (Å²) >= 11 is 3.35. The zero-order valence-corrected chi connectivity index (χ0v) is 14.2. The van der Waals surface area contributed by atoms with Gasteiger partial charge in [-0.2, -0.15) is 0 Å². The van der Waals surface area contributed by atoms with Crippen LogP contribution >= 0.6 is 15.9 Å². The van der Waals surface area contributed by atoms with Crippen LogP contribution in [0.5, 0.6) is 5.75 Å². The van der Waals surface area contributed by atoms with Crippen molar-refractivity contribution in [3.05, 3.63) is 76.3 Å². The van der Waals surface area contributed by atoms with Gasteiger partial charge in [-0.15, -0.1) is 0 Å². The first-order valence-electron chi connectivity index (χ1n) is 7.65. The number of carbonyl (C=O) groups excluding carboxylic acids is 2. The molecule has 0 N–H and O–H groups in total. The molecule has 1 atom stereocenters. The highest BCUT2D eigenvalue weighted by molar-refractivity contribution is 9.10. The summed E-state index contributed by atoms with van der Waals surface area (Å²) in [6.45, 7) is 0.